The fourth-order valence-corrected chi connectivity index (χ4v) is 9.59. The largest absolute Gasteiger partial charge is 0.368 e. The number of hydrogen-bond donors (Lipinski definition) is 7. The number of ketones is 1. The number of nitrogens with one attached hydrogen (secondary N) is 1. The second-order valence-corrected chi connectivity index (χ2v) is 21.5. The molecule has 2 rings (SSSR count). The highest BCUT2D eigenvalue weighted by atomic mass is 32.1. The summed E-state index contributed by atoms with van der Waals surface area (Å²) in [6.07, 6.45) is 11.1. The van der Waals surface area contributed by atoms with E-state index in [1.165, 1.54) is 29.4 Å². The molecule has 0 bridgehead atoms. The predicted octanol–water partition coefficient (Wildman–Crippen LogP) is 3.83. The molecule has 2 aromatic carbocycles. The second kappa shape index (κ2) is 43.7. The van der Waals surface area contributed by atoms with Gasteiger partial charge in [-0.25, -0.2) is 0 Å². The lowest BCUT2D eigenvalue weighted by Gasteiger charge is -2.35. The first-order valence-corrected chi connectivity index (χ1v) is 30.4. The Morgan fingerprint density at radius 1 is 0.415 bits per heavy atom. The molecule has 0 aliphatic rings. The third-order valence-corrected chi connectivity index (χ3v) is 14.6. The smallest absolute Gasteiger partial charge is 0.243 e. The number of unbranched alkanes of at least 4 members (excludes halogenated alkanes) is 9. The number of Topliss-reactive ketones (excluding diaryl/α,β-unsaturated/α-hetero) is 1. The Morgan fingerprint density at radius 3 is 1.16 bits per heavy atom. The van der Waals surface area contributed by atoms with Crippen LogP contribution >= 0.6 is 12.6 Å². The summed E-state index contributed by atoms with van der Waals surface area (Å²) >= 11 is 4.07. The molecule has 0 saturated heterocycles. The molecule has 460 valence electrons. The number of nitrogens with two attached hydrogens (primary N) is 5. The van der Waals surface area contributed by atoms with Crippen LogP contribution in [0.4, 0.5) is 0 Å². The number of carbonyl (C=O) groups is 9. The van der Waals surface area contributed by atoms with Crippen LogP contribution in [0.3, 0.4) is 0 Å². The van der Waals surface area contributed by atoms with Crippen LogP contribution in [0, 0.1) is 0 Å². The quantitative estimate of drug-likeness (QED) is 0.0367. The van der Waals surface area contributed by atoms with E-state index in [1.807, 2.05) is 60.7 Å². The average Bonchev–Trinajstić information content (AvgIpc) is 3.53. The minimum atomic E-state index is -0.722. The van der Waals surface area contributed by atoms with Crippen molar-refractivity contribution >= 4 is 65.7 Å². The summed E-state index contributed by atoms with van der Waals surface area (Å²) in [5, 5.41) is 2.85. The molecule has 21 nitrogen and oxygen atoms in total. The number of hydrogen-bond acceptors (Lipinski definition) is 14. The van der Waals surface area contributed by atoms with Gasteiger partial charge in [-0.1, -0.05) is 79.9 Å². The van der Waals surface area contributed by atoms with Crippen molar-refractivity contribution in [1.29, 1.82) is 0 Å². The molecule has 22 heteroatoms. The van der Waals surface area contributed by atoms with Gasteiger partial charge in [0.05, 0.1) is 44.8 Å². The van der Waals surface area contributed by atoms with E-state index in [-0.39, 0.29) is 63.3 Å². The van der Waals surface area contributed by atoms with Gasteiger partial charge in [0.15, 0.2) is 0 Å². The van der Waals surface area contributed by atoms with E-state index < -0.39 is 67.2 Å². The Kier molecular flexibility index (Phi) is 38.5. The van der Waals surface area contributed by atoms with Gasteiger partial charge in [0.1, 0.15) is 12.3 Å². The molecule has 0 aliphatic carbocycles. The SMILES string of the molecule is C[C@@H](c1ccccc1)N(CC(N)=O)C(=O)CN(CCCCN)C(=O)CN(C(=O)CN(CCCCN)C(=O)CN(CCCCN)C(=O)CN(CCCCN)C(=O)CCCCCCC(=O)CCCCCNC(=O)CCS)[C@@H](C)c1ccccc1. The fraction of sp³-hybridized carbons (Fsp3) is 0.650. The molecule has 82 heavy (non-hydrogen) atoms. The monoisotopic (exact) mass is 1160 g/mol. The first-order valence-electron chi connectivity index (χ1n) is 29.8. The molecule has 0 aromatic heterocycles. The van der Waals surface area contributed by atoms with E-state index in [0.717, 1.165) is 49.7 Å². The topological polar surface area (TPSA) is 315 Å². The van der Waals surface area contributed by atoms with Crippen molar-refractivity contribution in [2.75, 3.05) is 104 Å². The lowest BCUT2D eigenvalue weighted by molar-refractivity contribution is -0.149. The lowest BCUT2D eigenvalue weighted by Crippen LogP contribution is -2.52. The van der Waals surface area contributed by atoms with Crippen molar-refractivity contribution in [2.45, 2.75) is 148 Å². The van der Waals surface area contributed by atoms with Crippen LogP contribution in [-0.2, 0) is 43.2 Å². The average molecular weight is 1170 g/mol. The molecule has 0 radical (unpaired) electrons. The van der Waals surface area contributed by atoms with E-state index in [9.17, 15) is 43.2 Å². The Labute approximate surface area is 493 Å². The van der Waals surface area contributed by atoms with E-state index >= 15 is 0 Å². The first kappa shape index (κ1) is 72.2. The molecule has 0 fully saturated rings. The van der Waals surface area contributed by atoms with Gasteiger partial charge in [-0.3, -0.25) is 43.2 Å². The van der Waals surface area contributed by atoms with Gasteiger partial charge in [0, 0.05) is 58.4 Å². The minimum Gasteiger partial charge on any atom is -0.368 e. The molecule has 0 aliphatic heterocycles. The Balaban J connectivity index is 2.31. The zero-order chi connectivity index (χ0) is 60.5. The molecule has 0 spiro atoms. The van der Waals surface area contributed by atoms with Gasteiger partial charge in [-0.05, 0) is 134 Å². The summed E-state index contributed by atoms with van der Waals surface area (Å²) in [4.78, 5) is 131. The standard InChI is InChI=1S/C60H100N12O9S/c1-48(50-24-8-5-9-25-50)71(42-53(65)74)59(80)45-70(40-23-18-35-64)58(79)47-72(49(2)51-26-10-6-11-27-51)60(81)46-69(39-22-17-34-63)57(78)44-68(38-21-16-33-62)56(77)43-67(37-20-15-32-61)55(76)30-14-4-3-12-28-52(73)29-13-7-19-36-66-54(75)31-41-82/h5-6,8-11,24-27,48-49,82H,3-4,7,12-23,28-47,61-64H2,1-2H3,(H2,65,74)(H,66,75)/t48-,49-/m0/s1. The van der Waals surface area contributed by atoms with E-state index in [2.05, 4.69) is 17.9 Å². The normalized spacial score (nSPS) is 11.7. The van der Waals surface area contributed by atoms with Crippen LogP contribution in [-0.4, -0.2) is 186 Å². The van der Waals surface area contributed by atoms with Gasteiger partial charge >= 0.3 is 0 Å². The number of benzene rings is 2. The van der Waals surface area contributed by atoms with Crippen LogP contribution in [0.25, 0.3) is 0 Å². The van der Waals surface area contributed by atoms with Crippen molar-refractivity contribution in [3.8, 4) is 0 Å². The van der Waals surface area contributed by atoms with E-state index in [1.54, 1.807) is 13.8 Å². The van der Waals surface area contributed by atoms with Crippen LogP contribution in [0.1, 0.15) is 159 Å². The summed E-state index contributed by atoms with van der Waals surface area (Å²) in [5.74, 6) is -2.76. The molecule has 0 saturated carbocycles. The number of amides is 8. The van der Waals surface area contributed by atoms with E-state index in [4.69, 9.17) is 28.7 Å². The van der Waals surface area contributed by atoms with Crippen molar-refractivity contribution in [3.63, 3.8) is 0 Å². The first-order chi connectivity index (χ1) is 39.5. The highest BCUT2D eigenvalue weighted by Crippen LogP contribution is 2.23. The van der Waals surface area contributed by atoms with Crippen LogP contribution < -0.4 is 34.0 Å². The molecular weight excluding hydrogens is 1060 g/mol. The molecule has 2 aromatic rings. The summed E-state index contributed by atoms with van der Waals surface area (Å²) in [7, 11) is 0. The Hall–Kier alpha value is -5.94. The van der Waals surface area contributed by atoms with Gasteiger partial charge in [0.25, 0.3) is 0 Å². The van der Waals surface area contributed by atoms with Gasteiger partial charge < -0.3 is 63.4 Å². The minimum absolute atomic E-state index is 0.0154. The molecule has 2 atom stereocenters. The number of rotatable bonds is 47. The van der Waals surface area contributed by atoms with E-state index in [0.29, 0.717) is 122 Å². The Morgan fingerprint density at radius 2 is 0.768 bits per heavy atom. The number of nitrogens with zero attached hydrogens (tertiary/aromatic N) is 6. The van der Waals surface area contributed by atoms with Crippen molar-refractivity contribution in [1.82, 2.24) is 34.7 Å². The third kappa shape index (κ3) is 29.9. The van der Waals surface area contributed by atoms with Crippen molar-refractivity contribution in [3.05, 3.63) is 71.8 Å². The van der Waals surface area contributed by atoms with Crippen molar-refractivity contribution in [2.24, 2.45) is 28.7 Å². The summed E-state index contributed by atoms with van der Waals surface area (Å²) in [5.41, 5.74) is 30.5. The zero-order valence-corrected chi connectivity index (χ0v) is 50.3. The maximum Gasteiger partial charge on any atom is 0.243 e. The summed E-state index contributed by atoms with van der Waals surface area (Å²) in [6.45, 7) is 4.00. The maximum absolute atomic E-state index is 14.9. The molecule has 0 heterocycles. The molecule has 8 amide bonds. The number of thiol groups is 1. The van der Waals surface area contributed by atoms with Crippen LogP contribution in [0.2, 0.25) is 0 Å². The molecular formula is C60H100N12O9S. The highest BCUT2D eigenvalue weighted by molar-refractivity contribution is 7.80. The van der Waals surface area contributed by atoms with Crippen molar-refractivity contribution < 1.29 is 43.2 Å². The molecule has 11 N–H and O–H groups in total. The Bertz CT molecular complexity index is 2200. The predicted molar refractivity (Wildman–Crippen MR) is 324 cm³/mol. The van der Waals surface area contributed by atoms with Gasteiger partial charge in [-0.2, -0.15) is 12.6 Å². The number of primary amides is 1. The van der Waals surface area contributed by atoms with Gasteiger partial charge in [-0.15, -0.1) is 0 Å². The maximum atomic E-state index is 14.9. The van der Waals surface area contributed by atoms with Crippen LogP contribution in [0.5, 0.6) is 0 Å². The third-order valence-electron chi connectivity index (χ3n) is 14.4. The fourth-order valence-electron chi connectivity index (χ4n) is 9.39. The summed E-state index contributed by atoms with van der Waals surface area (Å²) in [6, 6.07) is 17.0. The van der Waals surface area contributed by atoms with Gasteiger partial charge in [0.2, 0.25) is 47.3 Å². The highest BCUT2D eigenvalue weighted by Gasteiger charge is 2.33. The number of carbonyl (C=O) groups excluding carboxylic acids is 9. The lowest BCUT2D eigenvalue weighted by atomic mass is 10.0. The van der Waals surface area contributed by atoms with Crippen LogP contribution in [0.15, 0.2) is 60.7 Å². The summed E-state index contributed by atoms with van der Waals surface area (Å²) < 4.78 is 0. The zero-order valence-electron chi connectivity index (χ0n) is 49.4. The molecule has 0 unspecified atom stereocenters. The second-order valence-electron chi connectivity index (χ2n) is 21.0.